The summed E-state index contributed by atoms with van der Waals surface area (Å²) in [5.41, 5.74) is 3.94. The number of esters is 1. The van der Waals surface area contributed by atoms with E-state index in [2.05, 4.69) is 5.32 Å². The number of fused-ring (bicyclic) bond motifs is 1. The van der Waals surface area contributed by atoms with Gasteiger partial charge >= 0.3 is 5.97 Å². The third kappa shape index (κ3) is 4.10. The summed E-state index contributed by atoms with van der Waals surface area (Å²) in [5, 5.41) is 3.49. The van der Waals surface area contributed by atoms with Gasteiger partial charge in [0.1, 0.15) is 11.3 Å². The number of rotatable bonds is 6. The van der Waals surface area contributed by atoms with E-state index in [0.717, 1.165) is 16.7 Å². The summed E-state index contributed by atoms with van der Waals surface area (Å²) in [5.74, 6) is -0.832. The van der Waals surface area contributed by atoms with Gasteiger partial charge in [-0.05, 0) is 35.7 Å². The highest BCUT2D eigenvalue weighted by Gasteiger charge is 2.23. The fraction of sp³-hybridized carbons (Fsp3) is 0.120. The van der Waals surface area contributed by atoms with Gasteiger partial charge in [-0.15, -0.1) is 0 Å². The molecule has 3 aromatic carbocycles. The Morgan fingerprint density at radius 2 is 1.53 bits per heavy atom. The summed E-state index contributed by atoms with van der Waals surface area (Å²) in [7, 11) is 0. The molecule has 4 rings (SSSR count). The zero-order valence-electron chi connectivity index (χ0n) is 16.6. The number of furan rings is 1. The van der Waals surface area contributed by atoms with Crippen LogP contribution in [0.15, 0.2) is 83.3 Å². The van der Waals surface area contributed by atoms with Crippen LogP contribution < -0.4 is 5.32 Å². The lowest BCUT2D eigenvalue weighted by Crippen LogP contribution is -2.16. The molecule has 150 valence electrons. The number of ether oxygens (including phenoxy) is 1. The predicted octanol–water partition coefficient (Wildman–Crippen LogP) is 5.46. The number of para-hydroxylation sites is 1. The summed E-state index contributed by atoms with van der Waals surface area (Å²) in [4.78, 5) is 25.0. The number of hydrogen-bond donors (Lipinski definition) is 1. The molecule has 0 aliphatic rings. The first-order valence-electron chi connectivity index (χ1n) is 9.78. The SMILES string of the molecule is CCOC(=O)c1oc2ccccc2c1NC(=O)Cc1ccc(-c2ccccc2)cc1. The lowest BCUT2D eigenvalue weighted by atomic mass is 10.0. The fourth-order valence-electron chi connectivity index (χ4n) is 3.32. The number of carbonyl (C=O) groups excluding carboxylic acids is 2. The van der Waals surface area contributed by atoms with Crippen LogP contribution in [0.4, 0.5) is 5.69 Å². The first kappa shape index (κ1) is 19.5. The van der Waals surface area contributed by atoms with E-state index in [4.69, 9.17) is 9.15 Å². The van der Waals surface area contributed by atoms with Crippen molar-refractivity contribution in [1.82, 2.24) is 0 Å². The van der Waals surface area contributed by atoms with E-state index in [1.165, 1.54) is 0 Å². The van der Waals surface area contributed by atoms with Crippen molar-refractivity contribution in [3.05, 3.63) is 90.2 Å². The van der Waals surface area contributed by atoms with E-state index in [1.807, 2.05) is 60.7 Å². The Hall–Kier alpha value is -3.86. The number of benzene rings is 3. The molecule has 0 aliphatic carbocycles. The molecule has 0 radical (unpaired) electrons. The van der Waals surface area contributed by atoms with Crippen molar-refractivity contribution in [2.45, 2.75) is 13.3 Å². The molecule has 0 unspecified atom stereocenters. The van der Waals surface area contributed by atoms with Crippen molar-refractivity contribution in [1.29, 1.82) is 0 Å². The highest BCUT2D eigenvalue weighted by Crippen LogP contribution is 2.31. The minimum Gasteiger partial charge on any atom is -0.460 e. The first-order valence-corrected chi connectivity index (χ1v) is 9.78. The lowest BCUT2D eigenvalue weighted by Gasteiger charge is -2.07. The third-order valence-electron chi connectivity index (χ3n) is 4.75. The van der Waals surface area contributed by atoms with Crippen molar-refractivity contribution < 1.29 is 18.7 Å². The third-order valence-corrected chi connectivity index (χ3v) is 4.75. The van der Waals surface area contributed by atoms with Crippen molar-refractivity contribution in [2.24, 2.45) is 0 Å². The number of amides is 1. The molecule has 4 aromatic rings. The average Bonchev–Trinajstić information content (AvgIpc) is 3.13. The zero-order chi connectivity index (χ0) is 20.9. The quantitative estimate of drug-likeness (QED) is 0.437. The van der Waals surface area contributed by atoms with Crippen LogP contribution in [0.3, 0.4) is 0 Å². The Bertz CT molecular complexity index is 1180. The maximum Gasteiger partial charge on any atom is 0.376 e. The number of anilines is 1. The van der Waals surface area contributed by atoms with E-state index in [1.54, 1.807) is 25.1 Å². The molecule has 5 heteroatoms. The van der Waals surface area contributed by atoms with Gasteiger partial charge in [-0.3, -0.25) is 4.79 Å². The highest BCUT2D eigenvalue weighted by molar-refractivity contribution is 6.09. The summed E-state index contributed by atoms with van der Waals surface area (Å²) >= 11 is 0. The van der Waals surface area contributed by atoms with E-state index >= 15 is 0 Å². The molecule has 0 fully saturated rings. The van der Waals surface area contributed by atoms with Gasteiger partial charge in [0, 0.05) is 5.39 Å². The highest BCUT2D eigenvalue weighted by atomic mass is 16.5. The molecule has 0 aliphatic heterocycles. The summed E-state index contributed by atoms with van der Waals surface area (Å²) < 4.78 is 10.7. The van der Waals surface area contributed by atoms with E-state index in [9.17, 15) is 9.59 Å². The molecule has 1 aromatic heterocycles. The molecule has 1 heterocycles. The van der Waals surface area contributed by atoms with Crippen molar-refractivity contribution in [3.8, 4) is 11.1 Å². The Labute approximate surface area is 174 Å². The lowest BCUT2D eigenvalue weighted by molar-refractivity contribution is -0.115. The van der Waals surface area contributed by atoms with E-state index in [-0.39, 0.29) is 24.7 Å². The number of nitrogens with one attached hydrogen (secondary N) is 1. The molecule has 5 nitrogen and oxygen atoms in total. The molecular weight excluding hydrogens is 378 g/mol. The second-order valence-electron chi connectivity index (χ2n) is 6.81. The summed E-state index contributed by atoms with van der Waals surface area (Å²) in [6.45, 7) is 1.94. The molecular formula is C25H21NO4. The Morgan fingerprint density at radius 1 is 0.867 bits per heavy atom. The van der Waals surface area contributed by atoms with Crippen LogP contribution in [0.1, 0.15) is 23.0 Å². The number of carbonyl (C=O) groups is 2. The van der Waals surface area contributed by atoms with Gasteiger partial charge in [-0.25, -0.2) is 4.79 Å². The van der Waals surface area contributed by atoms with Gasteiger partial charge in [0.2, 0.25) is 11.7 Å². The summed E-state index contributed by atoms with van der Waals surface area (Å²) in [6, 6.07) is 25.1. The zero-order valence-corrected chi connectivity index (χ0v) is 16.6. The second-order valence-corrected chi connectivity index (χ2v) is 6.81. The second kappa shape index (κ2) is 8.66. The first-order chi connectivity index (χ1) is 14.7. The van der Waals surface area contributed by atoms with Gasteiger partial charge in [-0.1, -0.05) is 66.7 Å². The largest absolute Gasteiger partial charge is 0.460 e. The maximum absolute atomic E-state index is 12.7. The van der Waals surface area contributed by atoms with Gasteiger partial charge < -0.3 is 14.5 Å². The molecule has 0 saturated heterocycles. The fourth-order valence-corrected chi connectivity index (χ4v) is 3.32. The van der Waals surface area contributed by atoms with E-state index < -0.39 is 5.97 Å². The minimum absolute atomic E-state index is 0.00539. The van der Waals surface area contributed by atoms with Crippen LogP contribution in [0, 0.1) is 0 Å². The number of hydrogen-bond acceptors (Lipinski definition) is 4. The molecule has 0 spiro atoms. The smallest absolute Gasteiger partial charge is 0.376 e. The molecule has 1 amide bonds. The maximum atomic E-state index is 12.7. The van der Waals surface area contributed by atoms with Crippen molar-refractivity contribution in [2.75, 3.05) is 11.9 Å². The van der Waals surface area contributed by atoms with E-state index in [0.29, 0.717) is 16.7 Å². The van der Waals surface area contributed by atoms with Crippen LogP contribution in [0.2, 0.25) is 0 Å². The van der Waals surface area contributed by atoms with Crippen LogP contribution in [0.25, 0.3) is 22.1 Å². The Morgan fingerprint density at radius 3 is 2.27 bits per heavy atom. The normalized spacial score (nSPS) is 10.7. The van der Waals surface area contributed by atoms with Gasteiger partial charge in [0.25, 0.3) is 0 Å². The molecule has 1 N–H and O–H groups in total. The Balaban J connectivity index is 1.53. The molecule has 0 saturated carbocycles. The molecule has 0 bridgehead atoms. The van der Waals surface area contributed by atoms with Gasteiger partial charge in [0.05, 0.1) is 13.0 Å². The van der Waals surface area contributed by atoms with Gasteiger partial charge in [-0.2, -0.15) is 0 Å². The minimum atomic E-state index is -0.601. The Kier molecular flexibility index (Phi) is 5.61. The van der Waals surface area contributed by atoms with Crippen LogP contribution in [-0.2, 0) is 16.0 Å². The van der Waals surface area contributed by atoms with Crippen molar-refractivity contribution in [3.63, 3.8) is 0 Å². The monoisotopic (exact) mass is 399 g/mol. The van der Waals surface area contributed by atoms with Crippen LogP contribution >= 0.6 is 0 Å². The topological polar surface area (TPSA) is 68.5 Å². The summed E-state index contributed by atoms with van der Waals surface area (Å²) in [6.07, 6.45) is 0.177. The molecule has 0 atom stereocenters. The average molecular weight is 399 g/mol. The molecule has 30 heavy (non-hydrogen) atoms. The van der Waals surface area contributed by atoms with Crippen LogP contribution in [0.5, 0.6) is 0 Å². The van der Waals surface area contributed by atoms with Crippen LogP contribution in [-0.4, -0.2) is 18.5 Å². The standard InChI is InChI=1S/C25H21NO4/c1-2-29-25(28)24-23(20-10-6-7-11-21(20)30-24)26-22(27)16-17-12-14-19(15-13-17)18-8-4-3-5-9-18/h3-15H,2,16H2,1H3,(H,26,27). The predicted molar refractivity (Wildman–Crippen MR) is 116 cm³/mol. The van der Waals surface area contributed by atoms with Gasteiger partial charge in [0.15, 0.2) is 0 Å². The van der Waals surface area contributed by atoms with Crippen molar-refractivity contribution >= 4 is 28.5 Å².